The van der Waals surface area contributed by atoms with Crippen molar-refractivity contribution < 1.29 is 9.59 Å². The van der Waals surface area contributed by atoms with E-state index in [9.17, 15) is 14.4 Å². The van der Waals surface area contributed by atoms with Gasteiger partial charge in [0.25, 0.3) is 5.56 Å². The molecule has 0 bridgehead atoms. The summed E-state index contributed by atoms with van der Waals surface area (Å²) in [7, 11) is 0. The second kappa shape index (κ2) is 8.03. The molecule has 3 rings (SSSR count). The zero-order chi connectivity index (χ0) is 19.4. The third-order valence-electron chi connectivity index (χ3n) is 3.56. The van der Waals surface area contributed by atoms with Crippen molar-refractivity contribution in [2.45, 2.75) is 0 Å². The van der Waals surface area contributed by atoms with Gasteiger partial charge >= 0.3 is 11.8 Å². The van der Waals surface area contributed by atoms with Gasteiger partial charge in [-0.05, 0) is 29.7 Å². The van der Waals surface area contributed by atoms with Crippen LogP contribution in [0.3, 0.4) is 0 Å². The fraction of sp³-hybridized carbons (Fsp3) is 0. The highest BCUT2D eigenvalue weighted by Crippen LogP contribution is 2.29. The van der Waals surface area contributed by atoms with E-state index in [0.29, 0.717) is 5.52 Å². The van der Waals surface area contributed by atoms with Crippen LogP contribution in [0.4, 0.5) is 5.69 Å². The van der Waals surface area contributed by atoms with E-state index in [1.165, 1.54) is 6.07 Å². The van der Waals surface area contributed by atoms with E-state index in [1.807, 2.05) is 12.1 Å². The number of carbonyl (C=O) groups excluding carboxylic acids is 2. The van der Waals surface area contributed by atoms with Crippen LogP contribution in [0.1, 0.15) is 5.56 Å². The zero-order valence-corrected chi connectivity index (χ0v) is 15.1. The Morgan fingerprint density at radius 3 is 2.63 bits per heavy atom. The minimum Gasteiger partial charge on any atom is -0.321 e. The van der Waals surface area contributed by atoms with Crippen LogP contribution < -0.4 is 16.3 Å². The van der Waals surface area contributed by atoms with E-state index in [1.54, 1.807) is 30.3 Å². The SMILES string of the molecule is O=C(N/N=C\c1cc2ccccc2[nH]c1=O)C(=O)Nc1cccc(Cl)c1Cl. The summed E-state index contributed by atoms with van der Waals surface area (Å²) in [5.41, 5.74) is 2.78. The molecule has 0 saturated heterocycles. The largest absolute Gasteiger partial charge is 0.329 e. The second-order valence-corrected chi connectivity index (χ2v) is 6.18. The summed E-state index contributed by atoms with van der Waals surface area (Å²) < 4.78 is 0. The minimum atomic E-state index is -1.03. The van der Waals surface area contributed by atoms with Crippen LogP contribution >= 0.6 is 23.2 Å². The van der Waals surface area contributed by atoms with Gasteiger partial charge in [-0.3, -0.25) is 14.4 Å². The maximum atomic E-state index is 12.0. The molecule has 0 unspecified atom stereocenters. The Bertz CT molecular complexity index is 1130. The number of aromatic amines is 1. The molecule has 0 aliphatic rings. The van der Waals surface area contributed by atoms with E-state index in [4.69, 9.17) is 23.2 Å². The van der Waals surface area contributed by atoms with Gasteiger partial charge in [0.1, 0.15) is 0 Å². The Balaban J connectivity index is 1.68. The Morgan fingerprint density at radius 2 is 1.81 bits per heavy atom. The third-order valence-corrected chi connectivity index (χ3v) is 4.38. The standard InChI is InChI=1S/C18H12Cl2N4O3/c19-12-5-3-7-14(15(12)20)23-17(26)18(27)24-21-9-11-8-10-4-1-2-6-13(10)22-16(11)25/h1-9H,(H,22,25)(H,23,26)(H,24,27)/b21-9-. The summed E-state index contributed by atoms with van der Waals surface area (Å²) in [6.45, 7) is 0. The number of carbonyl (C=O) groups is 2. The van der Waals surface area contributed by atoms with E-state index >= 15 is 0 Å². The lowest BCUT2D eigenvalue weighted by molar-refractivity contribution is -0.136. The monoisotopic (exact) mass is 402 g/mol. The number of halogens is 2. The van der Waals surface area contributed by atoms with E-state index in [2.05, 4.69) is 20.8 Å². The first-order valence-electron chi connectivity index (χ1n) is 7.66. The fourth-order valence-corrected chi connectivity index (χ4v) is 2.60. The number of H-pyrrole nitrogens is 1. The molecule has 0 radical (unpaired) electrons. The molecule has 1 aromatic heterocycles. The number of anilines is 1. The van der Waals surface area contributed by atoms with E-state index in [0.717, 1.165) is 11.6 Å². The van der Waals surface area contributed by atoms with Crippen molar-refractivity contribution >= 4 is 57.8 Å². The van der Waals surface area contributed by atoms with Gasteiger partial charge in [-0.25, -0.2) is 5.43 Å². The maximum Gasteiger partial charge on any atom is 0.329 e. The second-order valence-electron chi connectivity index (χ2n) is 5.40. The minimum absolute atomic E-state index is 0.117. The summed E-state index contributed by atoms with van der Waals surface area (Å²) in [6.07, 6.45) is 1.16. The molecule has 9 heteroatoms. The van der Waals surface area contributed by atoms with Crippen molar-refractivity contribution in [2.75, 3.05) is 5.32 Å². The predicted octanol–water partition coefficient (Wildman–Crippen LogP) is 2.92. The van der Waals surface area contributed by atoms with Crippen LogP contribution in [0.15, 0.2) is 58.4 Å². The van der Waals surface area contributed by atoms with Crippen molar-refractivity contribution in [3.8, 4) is 0 Å². The van der Waals surface area contributed by atoms with Gasteiger partial charge in [0, 0.05) is 5.52 Å². The van der Waals surface area contributed by atoms with E-state index in [-0.39, 0.29) is 26.9 Å². The Labute approximate surface area is 163 Å². The van der Waals surface area contributed by atoms with Gasteiger partial charge in [0.2, 0.25) is 0 Å². The van der Waals surface area contributed by atoms with Gasteiger partial charge in [-0.1, -0.05) is 47.5 Å². The number of hydrazone groups is 1. The van der Waals surface area contributed by atoms with Crippen LogP contribution in [0.25, 0.3) is 10.9 Å². The molecule has 0 atom stereocenters. The number of amides is 2. The lowest BCUT2D eigenvalue weighted by atomic mass is 10.2. The number of nitrogens with one attached hydrogen (secondary N) is 3. The third kappa shape index (κ3) is 4.33. The molecule has 0 saturated carbocycles. The molecular formula is C18H12Cl2N4O3. The average molecular weight is 403 g/mol. The number of hydrogen-bond donors (Lipinski definition) is 3. The normalized spacial score (nSPS) is 10.9. The summed E-state index contributed by atoms with van der Waals surface area (Å²) in [6, 6.07) is 13.5. The van der Waals surface area contributed by atoms with Gasteiger partial charge < -0.3 is 10.3 Å². The molecule has 7 nitrogen and oxygen atoms in total. The smallest absolute Gasteiger partial charge is 0.321 e. The van der Waals surface area contributed by atoms with Crippen LogP contribution in [-0.2, 0) is 9.59 Å². The predicted molar refractivity (Wildman–Crippen MR) is 105 cm³/mol. The Hall–Kier alpha value is -3.16. The topological polar surface area (TPSA) is 103 Å². The highest BCUT2D eigenvalue weighted by atomic mass is 35.5. The van der Waals surface area contributed by atoms with Gasteiger partial charge in [0.05, 0.1) is 27.5 Å². The molecule has 136 valence electrons. The van der Waals surface area contributed by atoms with Crippen molar-refractivity contribution in [1.29, 1.82) is 0 Å². The average Bonchev–Trinajstić information content (AvgIpc) is 2.65. The van der Waals surface area contributed by atoms with Gasteiger partial charge in [-0.15, -0.1) is 0 Å². The van der Waals surface area contributed by atoms with Crippen LogP contribution in [-0.4, -0.2) is 23.0 Å². The summed E-state index contributed by atoms with van der Waals surface area (Å²) in [5, 5.41) is 7.13. The molecule has 3 aromatic rings. The van der Waals surface area contributed by atoms with Crippen LogP contribution in [0.5, 0.6) is 0 Å². The van der Waals surface area contributed by atoms with Gasteiger partial charge in [-0.2, -0.15) is 5.10 Å². The zero-order valence-electron chi connectivity index (χ0n) is 13.6. The summed E-state index contributed by atoms with van der Waals surface area (Å²) >= 11 is 11.8. The van der Waals surface area contributed by atoms with Crippen LogP contribution in [0.2, 0.25) is 10.0 Å². The number of hydrogen-bond acceptors (Lipinski definition) is 4. The lowest BCUT2D eigenvalue weighted by Crippen LogP contribution is -2.32. The van der Waals surface area contributed by atoms with Crippen molar-refractivity contribution in [1.82, 2.24) is 10.4 Å². The summed E-state index contributed by atoms with van der Waals surface area (Å²) in [4.78, 5) is 38.4. The first kappa shape index (κ1) is 18.6. The molecule has 3 N–H and O–H groups in total. The number of benzene rings is 2. The number of para-hydroxylation sites is 1. The molecule has 0 spiro atoms. The summed E-state index contributed by atoms with van der Waals surface area (Å²) in [5.74, 6) is -2.01. The molecule has 0 aliphatic heterocycles. The Kier molecular flexibility index (Phi) is 5.54. The molecule has 2 amide bonds. The van der Waals surface area contributed by atoms with Crippen molar-refractivity contribution in [3.05, 3.63) is 74.5 Å². The van der Waals surface area contributed by atoms with Crippen molar-refractivity contribution in [2.24, 2.45) is 5.10 Å². The first-order valence-corrected chi connectivity index (χ1v) is 8.42. The number of nitrogens with zero attached hydrogens (tertiary/aromatic N) is 1. The highest BCUT2D eigenvalue weighted by Gasteiger charge is 2.15. The number of fused-ring (bicyclic) bond motifs is 1. The first-order chi connectivity index (χ1) is 13.0. The quantitative estimate of drug-likeness (QED) is 0.356. The van der Waals surface area contributed by atoms with Crippen LogP contribution in [0, 0.1) is 0 Å². The lowest BCUT2D eigenvalue weighted by Gasteiger charge is -2.06. The molecular weight excluding hydrogens is 391 g/mol. The molecule has 2 aromatic carbocycles. The molecule has 1 heterocycles. The van der Waals surface area contributed by atoms with Crippen molar-refractivity contribution in [3.63, 3.8) is 0 Å². The maximum absolute atomic E-state index is 12.0. The molecule has 0 fully saturated rings. The number of pyridine rings is 1. The number of aromatic nitrogens is 1. The van der Waals surface area contributed by atoms with E-state index < -0.39 is 11.8 Å². The molecule has 27 heavy (non-hydrogen) atoms. The Morgan fingerprint density at radius 1 is 1.04 bits per heavy atom. The molecule has 0 aliphatic carbocycles. The highest BCUT2D eigenvalue weighted by molar-refractivity contribution is 6.45. The fourth-order valence-electron chi connectivity index (χ4n) is 2.25. The number of rotatable bonds is 3. The van der Waals surface area contributed by atoms with Gasteiger partial charge in [0.15, 0.2) is 0 Å².